The number of pyridine rings is 1. The van der Waals surface area contributed by atoms with Crippen molar-refractivity contribution >= 4 is 28.5 Å². The molecule has 29 heavy (non-hydrogen) atoms. The van der Waals surface area contributed by atoms with Crippen molar-refractivity contribution < 1.29 is 14.0 Å². The Hall–Kier alpha value is -3.93. The molecular formula is C23H19N3O3. The molecule has 0 radical (unpaired) electrons. The van der Waals surface area contributed by atoms with Crippen molar-refractivity contribution in [1.29, 1.82) is 0 Å². The highest BCUT2D eigenvalue weighted by atomic mass is 16.3. The van der Waals surface area contributed by atoms with Crippen LogP contribution in [-0.4, -0.2) is 16.8 Å². The number of anilines is 1. The lowest BCUT2D eigenvalue weighted by Gasteiger charge is -2.12. The summed E-state index contributed by atoms with van der Waals surface area (Å²) < 4.78 is 5.81. The maximum Gasteiger partial charge on any atom is 0.257 e. The van der Waals surface area contributed by atoms with Gasteiger partial charge in [0.05, 0.1) is 11.6 Å². The summed E-state index contributed by atoms with van der Waals surface area (Å²) in [6.07, 6.45) is 3.09. The van der Waals surface area contributed by atoms with Crippen molar-refractivity contribution in [2.45, 2.75) is 13.0 Å². The number of carbonyl (C=O) groups is 2. The molecule has 2 amide bonds. The molecule has 1 atom stereocenters. The van der Waals surface area contributed by atoms with Crippen LogP contribution in [0.15, 0.2) is 83.5 Å². The first-order valence-electron chi connectivity index (χ1n) is 9.21. The largest absolute Gasteiger partial charge is 0.459 e. The summed E-state index contributed by atoms with van der Waals surface area (Å²) in [5.41, 5.74) is 2.20. The van der Waals surface area contributed by atoms with Crippen LogP contribution in [0.2, 0.25) is 0 Å². The van der Waals surface area contributed by atoms with Gasteiger partial charge in [0.25, 0.3) is 11.8 Å². The van der Waals surface area contributed by atoms with Crippen LogP contribution < -0.4 is 10.6 Å². The molecule has 0 saturated carbocycles. The molecule has 0 spiro atoms. The third-order valence-corrected chi connectivity index (χ3v) is 4.53. The molecule has 2 heterocycles. The molecule has 0 aliphatic rings. The first-order valence-corrected chi connectivity index (χ1v) is 9.21. The Morgan fingerprint density at radius 3 is 2.55 bits per heavy atom. The highest BCUT2D eigenvalue weighted by Crippen LogP contribution is 2.24. The van der Waals surface area contributed by atoms with Crippen LogP contribution in [0.1, 0.15) is 39.4 Å². The van der Waals surface area contributed by atoms with Gasteiger partial charge < -0.3 is 15.1 Å². The minimum atomic E-state index is -0.302. The maximum absolute atomic E-state index is 12.7. The Kier molecular flexibility index (Phi) is 5.07. The van der Waals surface area contributed by atoms with Gasteiger partial charge in [0.2, 0.25) is 0 Å². The molecule has 0 saturated heterocycles. The molecule has 0 fully saturated rings. The van der Waals surface area contributed by atoms with Crippen LogP contribution in [0.4, 0.5) is 5.69 Å². The van der Waals surface area contributed by atoms with Gasteiger partial charge in [-0.2, -0.15) is 0 Å². The summed E-state index contributed by atoms with van der Waals surface area (Å²) in [5, 5.41) is 6.70. The molecule has 0 aliphatic heterocycles. The van der Waals surface area contributed by atoms with Crippen molar-refractivity contribution in [3.8, 4) is 0 Å². The molecule has 4 rings (SSSR count). The number of nitrogens with zero attached hydrogens (tertiary/aromatic N) is 1. The summed E-state index contributed by atoms with van der Waals surface area (Å²) in [4.78, 5) is 28.9. The van der Waals surface area contributed by atoms with Crippen LogP contribution in [0, 0.1) is 0 Å². The molecule has 0 aliphatic carbocycles. The lowest BCUT2D eigenvalue weighted by molar-refractivity contribution is 0.0934. The number of rotatable bonds is 5. The van der Waals surface area contributed by atoms with E-state index in [2.05, 4.69) is 15.6 Å². The van der Waals surface area contributed by atoms with Gasteiger partial charge in [0, 0.05) is 29.0 Å². The number of furan rings is 1. The SMILES string of the molecule is CC(NC(=O)c1cccc(NC(=O)c2cccnc2)c1)c1cc2ccccc2o1. The van der Waals surface area contributed by atoms with Crippen molar-refractivity contribution in [1.82, 2.24) is 10.3 Å². The van der Waals surface area contributed by atoms with E-state index < -0.39 is 0 Å². The van der Waals surface area contributed by atoms with E-state index in [1.807, 2.05) is 37.3 Å². The molecule has 6 heteroatoms. The van der Waals surface area contributed by atoms with Gasteiger partial charge in [-0.25, -0.2) is 0 Å². The predicted molar refractivity (Wildman–Crippen MR) is 111 cm³/mol. The lowest BCUT2D eigenvalue weighted by atomic mass is 10.1. The number of aromatic nitrogens is 1. The van der Waals surface area contributed by atoms with E-state index >= 15 is 0 Å². The Balaban J connectivity index is 1.46. The zero-order valence-electron chi connectivity index (χ0n) is 15.8. The number of para-hydroxylation sites is 1. The van der Waals surface area contributed by atoms with E-state index in [0.29, 0.717) is 22.6 Å². The van der Waals surface area contributed by atoms with Crippen LogP contribution in [0.3, 0.4) is 0 Å². The minimum absolute atomic E-state index is 0.254. The second kappa shape index (κ2) is 7.98. The average Bonchev–Trinajstić information content (AvgIpc) is 3.19. The van der Waals surface area contributed by atoms with E-state index in [1.165, 1.54) is 6.20 Å². The van der Waals surface area contributed by atoms with Gasteiger partial charge in [0.15, 0.2) is 0 Å². The van der Waals surface area contributed by atoms with Gasteiger partial charge in [-0.3, -0.25) is 14.6 Å². The quantitative estimate of drug-likeness (QED) is 0.527. The smallest absolute Gasteiger partial charge is 0.257 e. The van der Waals surface area contributed by atoms with E-state index in [1.54, 1.807) is 42.6 Å². The van der Waals surface area contributed by atoms with Gasteiger partial charge in [-0.1, -0.05) is 24.3 Å². The van der Waals surface area contributed by atoms with Crippen molar-refractivity contribution in [3.05, 3.63) is 96.0 Å². The van der Waals surface area contributed by atoms with Crippen LogP contribution >= 0.6 is 0 Å². The Labute approximate surface area is 167 Å². The Morgan fingerprint density at radius 2 is 1.76 bits per heavy atom. The standard InChI is InChI=1S/C23H19N3O3/c1-15(21-13-16-6-2-3-10-20(16)29-21)25-22(27)17-7-4-9-19(12-17)26-23(28)18-8-5-11-24-14-18/h2-15H,1H3,(H,25,27)(H,26,28). The molecular weight excluding hydrogens is 366 g/mol. The second-order valence-electron chi connectivity index (χ2n) is 6.66. The normalized spacial score (nSPS) is 11.8. The summed E-state index contributed by atoms with van der Waals surface area (Å²) in [7, 11) is 0. The topological polar surface area (TPSA) is 84.2 Å². The van der Waals surface area contributed by atoms with Gasteiger partial charge in [0.1, 0.15) is 11.3 Å². The lowest BCUT2D eigenvalue weighted by Crippen LogP contribution is -2.26. The minimum Gasteiger partial charge on any atom is -0.459 e. The number of hydrogen-bond donors (Lipinski definition) is 2. The van der Waals surface area contributed by atoms with Crippen LogP contribution in [0.5, 0.6) is 0 Å². The zero-order valence-corrected chi connectivity index (χ0v) is 15.8. The van der Waals surface area contributed by atoms with E-state index in [0.717, 1.165) is 11.0 Å². The molecule has 2 N–H and O–H groups in total. The number of hydrogen-bond acceptors (Lipinski definition) is 4. The van der Waals surface area contributed by atoms with E-state index in [9.17, 15) is 9.59 Å². The number of nitrogens with one attached hydrogen (secondary N) is 2. The van der Waals surface area contributed by atoms with Gasteiger partial charge in [-0.05, 0) is 49.4 Å². The molecule has 1 unspecified atom stereocenters. The first-order chi connectivity index (χ1) is 14.1. The number of fused-ring (bicyclic) bond motifs is 1. The molecule has 2 aromatic heterocycles. The summed E-state index contributed by atoms with van der Waals surface area (Å²) >= 11 is 0. The zero-order chi connectivity index (χ0) is 20.2. The van der Waals surface area contributed by atoms with Gasteiger partial charge in [-0.15, -0.1) is 0 Å². The number of amides is 2. The fourth-order valence-corrected chi connectivity index (χ4v) is 3.01. The molecule has 144 valence electrons. The van der Waals surface area contributed by atoms with E-state index in [-0.39, 0.29) is 17.9 Å². The predicted octanol–water partition coefficient (Wildman–Crippen LogP) is 4.57. The highest BCUT2D eigenvalue weighted by molar-refractivity contribution is 6.05. The van der Waals surface area contributed by atoms with Crippen molar-refractivity contribution in [2.75, 3.05) is 5.32 Å². The number of benzene rings is 2. The summed E-state index contributed by atoms with van der Waals surface area (Å²) in [6, 6.07) is 19.5. The van der Waals surface area contributed by atoms with Crippen LogP contribution in [-0.2, 0) is 0 Å². The fourth-order valence-electron chi connectivity index (χ4n) is 3.01. The highest BCUT2D eigenvalue weighted by Gasteiger charge is 2.16. The number of carbonyl (C=O) groups excluding carboxylic acids is 2. The molecule has 2 aromatic carbocycles. The van der Waals surface area contributed by atoms with Crippen molar-refractivity contribution in [2.24, 2.45) is 0 Å². The fraction of sp³-hybridized carbons (Fsp3) is 0.0870. The Morgan fingerprint density at radius 1 is 0.931 bits per heavy atom. The first kappa shape index (κ1) is 18.4. The summed E-state index contributed by atoms with van der Waals surface area (Å²) in [6.45, 7) is 1.86. The molecule has 6 nitrogen and oxygen atoms in total. The van der Waals surface area contributed by atoms with Crippen molar-refractivity contribution in [3.63, 3.8) is 0 Å². The molecule has 4 aromatic rings. The maximum atomic E-state index is 12.7. The third-order valence-electron chi connectivity index (χ3n) is 4.53. The Bertz CT molecular complexity index is 1140. The monoisotopic (exact) mass is 385 g/mol. The summed E-state index contributed by atoms with van der Waals surface area (Å²) in [5.74, 6) is 0.141. The van der Waals surface area contributed by atoms with E-state index in [4.69, 9.17) is 4.42 Å². The second-order valence-corrected chi connectivity index (χ2v) is 6.66. The molecule has 0 bridgehead atoms. The third kappa shape index (κ3) is 4.16. The van der Waals surface area contributed by atoms with Crippen LogP contribution in [0.25, 0.3) is 11.0 Å². The average molecular weight is 385 g/mol. The van der Waals surface area contributed by atoms with Gasteiger partial charge >= 0.3 is 0 Å².